The van der Waals surface area contributed by atoms with Gasteiger partial charge in [0.1, 0.15) is 5.60 Å². The summed E-state index contributed by atoms with van der Waals surface area (Å²) >= 11 is 0. The average Bonchev–Trinajstić information content (AvgIpc) is 3.64. The average molecular weight is 548 g/mol. The van der Waals surface area contributed by atoms with Gasteiger partial charge in [0.15, 0.2) is 5.78 Å². The van der Waals surface area contributed by atoms with Gasteiger partial charge >= 0.3 is 6.09 Å². The van der Waals surface area contributed by atoms with E-state index in [9.17, 15) is 18.0 Å². The molecule has 0 aromatic heterocycles. The van der Waals surface area contributed by atoms with Crippen molar-refractivity contribution in [3.05, 3.63) is 34.9 Å². The van der Waals surface area contributed by atoms with Gasteiger partial charge < -0.3 is 14.4 Å². The first-order valence-electron chi connectivity index (χ1n) is 14.0. The number of morpholine rings is 1. The van der Waals surface area contributed by atoms with Crippen LogP contribution >= 0.6 is 0 Å². The van der Waals surface area contributed by atoms with Crippen LogP contribution < -0.4 is 0 Å². The predicted octanol–water partition coefficient (Wildman–Crippen LogP) is 3.07. The molecule has 1 saturated carbocycles. The number of fused-ring (bicyclic) bond motifs is 1. The summed E-state index contributed by atoms with van der Waals surface area (Å²) in [6.07, 6.45) is 7.19. The van der Waals surface area contributed by atoms with Crippen LogP contribution in [0.4, 0.5) is 4.79 Å². The van der Waals surface area contributed by atoms with E-state index in [0.29, 0.717) is 57.3 Å². The number of nitrogens with zero attached hydrogens (tertiary/aromatic N) is 3. The molecule has 0 N–H and O–H groups in total. The summed E-state index contributed by atoms with van der Waals surface area (Å²) in [5.74, 6) is 0.622. The largest absolute Gasteiger partial charge is 0.443 e. The van der Waals surface area contributed by atoms with Crippen molar-refractivity contribution in [2.24, 2.45) is 5.92 Å². The van der Waals surface area contributed by atoms with Crippen LogP contribution in [0, 0.1) is 5.92 Å². The summed E-state index contributed by atoms with van der Waals surface area (Å²) in [7, 11) is -3.24. The lowest BCUT2D eigenvalue weighted by atomic mass is 9.87. The standard InChI is InChI=1S/C28H41N3O6S/c1-28(10-11-28)37-27(33)30-12-7-21(8-13-30)3-6-25(29-15-17-36-18-16-29)26(32)23-4-5-24-20-31(38(2,34)35)14-9-22(24)19-23/h4-5,19,21,25H,3,6-18,20H2,1-2H3. The number of piperidine rings is 1. The molecule has 3 fully saturated rings. The molecule has 38 heavy (non-hydrogen) atoms. The van der Waals surface area contributed by atoms with Gasteiger partial charge in [-0.1, -0.05) is 12.1 Å². The summed E-state index contributed by atoms with van der Waals surface area (Å²) in [6, 6.07) is 5.57. The van der Waals surface area contributed by atoms with Crippen molar-refractivity contribution in [1.29, 1.82) is 0 Å². The van der Waals surface area contributed by atoms with Crippen molar-refractivity contribution in [3.63, 3.8) is 0 Å². The molecule has 1 unspecified atom stereocenters. The third-order valence-corrected chi connectivity index (χ3v) is 9.98. The molecule has 9 nitrogen and oxygen atoms in total. The third-order valence-electron chi connectivity index (χ3n) is 8.74. The zero-order valence-electron chi connectivity index (χ0n) is 22.7. The topological polar surface area (TPSA) is 96.5 Å². The smallest absolute Gasteiger partial charge is 0.410 e. The fourth-order valence-electron chi connectivity index (χ4n) is 5.88. The lowest BCUT2D eigenvalue weighted by Crippen LogP contribution is -2.48. The second-order valence-corrected chi connectivity index (χ2v) is 13.7. The van der Waals surface area contributed by atoms with Gasteiger partial charge in [-0.15, -0.1) is 0 Å². The minimum Gasteiger partial charge on any atom is -0.443 e. The van der Waals surface area contributed by atoms with Gasteiger partial charge in [0.2, 0.25) is 10.0 Å². The fraction of sp³-hybridized carbons (Fsp3) is 0.714. The number of hydrogen-bond acceptors (Lipinski definition) is 7. The van der Waals surface area contributed by atoms with E-state index >= 15 is 0 Å². The Morgan fingerprint density at radius 1 is 1.08 bits per heavy atom. The molecule has 0 bridgehead atoms. The summed E-state index contributed by atoms with van der Waals surface area (Å²) < 4.78 is 36.6. The molecule has 1 aromatic rings. The van der Waals surface area contributed by atoms with Crippen LogP contribution in [0.15, 0.2) is 18.2 Å². The summed E-state index contributed by atoms with van der Waals surface area (Å²) in [6.45, 7) is 6.98. The number of sulfonamides is 1. The maximum absolute atomic E-state index is 13.8. The van der Waals surface area contributed by atoms with E-state index in [1.165, 1.54) is 10.6 Å². The van der Waals surface area contributed by atoms with Crippen molar-refractivity contribution in [1.82, 2.24) is 14.1 Å². The van der Waals surface area contributed by atoms with E-state index in [1.807, 2.05) is 30.0 Å². The van der Waals surface area contributed by atoms with Gasteiger partial charge in [0, 0.05) is 44.8 Å². The molecule has 1 amide bonds. The van der Waals surface area contributed by atoms with E-state index in [1.54, 1.807) is 0 Å². The Labute approximate surface area is 226 Å². The zero-order chi connectivity index (χ0) is 26.9. The van der Waals surface area contributed by atoms with E-state index in [0.717, 1.165) is 62.7 Å². The first kappa shape index (κ1) is 27.6. The second kappa shape index (κ2) is 11.2. The van der Waals surface area contributed by atoms with E-state index in [2.05, 4.69) is 4.90 Å². The summed E-state index contributed by atoms with van der Waals surface area (Å²) in [5.41, 5.74) is 2.50. The van der Waals surface area contributed by atoms with E-state index < -0.39 is 10.0 Å². The SMILES string of the molecule is CC1(OC(=O)N2CCC(CCC(C(=O)c3ccc4c(c3)CCN(S(C)(=O)=O)C4)N3CCOCC3)CC2)CC1. The molecule has 10 heteroatoms. The number of likely N-dealkylation sites (tertiary alicyclic amines) is 1. The number of ketones is 1. The highest BCUT2D eigenvalue weighted by molar-refractivity contribution is 7.88. The summed E-state index contributed by atoms with van der Waals surface area (Å²) in [4.78, 5) is 30.4. The van der Waals surface area contributed by atoms with Crippen molar-refractivity contribution < 1.29 is 27.5 Å². The Balaban J connectivity index is 1.21. The van der Waals surface area contributed by atoms with Crippen LogP contribution in [0.25, 0.3) is 0 Å². The van der Waals surface area contributed by atoms with Gasteiger partial charge in [-0.3, -0.25) is 9.69 Å². The van der Waals surface area contributed by atoms with Crippen molar-refractivity contribution in [2.45, 2.75) is 70.1 Å². The van der Waals surface area contributed by atoms with Gasteiger partial charge in [-0.25, -0.2) is 13.2 Å². The Kier molecular flexibility index (Phi) is 8.14. The van der Waals surface area contributed by atoms with E-state index in [4.69, 9.17) is 9.47 Å². The molecule has 0 radical (unpaired) electrons. The van der Waals surface area contributed by atoms with Crippen LogP contribution in [-0.4, -0.2) is 98.2 Å². The molecule has 5 rings (SSSR count). The highest BCUT2D eigenvalue weighted by Gasteiger charge is 2.43. The number of ether oxygens (including phenoxy) is 2. The first-order valence-corrected chi connectivity index (χ1v) is 15.9. The Bertz CT molecular complexity index is 1140. The van der Waals surface area contributed by atoms with Gasteiger partial charge in [0.25, 0.3) is 0 Å². The van der Waals surface area contributed by atoms with Crippen molar-refractivity contribution in [2.75, 3.05) is 52.2 Å². The maximum atomic E-state index is 13.8. The lowest BCUT2D eigenvalue weighted by Gasteiger charge is -2.36. The van der Waals surface area contributed by atoms with Crippen LogP contribution in [0.1, 0.15) is 66.9 Å². The molecular weight excluding hydrogens is 506 g/mol. The van der Waals surface area contributed by atoms with Crippen LogP contribution in [0.5, 0.6) is 0 Å². The minimum atomic E-state index is -3.24. The first-order chi connectivity index (χ1) is 18.1. The molecule has 0 spiro atoms. The fourth-order valence-corrected chi connectivity index (χ4v) is 6.67. The second-order valence-electron chi connectivity index (χ2n) is 11.7. The Morgan fingerprint density at radius 3 is 2.45 bits per heavy atom. The number of carbonyl (C=O) groups excluding carboxylic acids is 2. The van der Waals surface area contributed by atoms with Crippen molar-refractivity contribution in [3.8, 4) is 0 Å². The molecule has 3 heterocycles. The summed E-state index contributed by atoms with van der Waals surface area (Å²) in [5, 5.41) is 0. The molecule has 210 valence electrons. The van der Waals surface area contributed by atoms with Crippen LogP contribution in [0.2, 0.25) is 0 Å². The molecule has 1 aromatic carbocycles. The molecule has 2 saturated heterocycles. The lowest BCUT2D eigenvalue weighted by molar-refractivity contribution is 0.0141. The monoisotopic (exact) mass is 547 g/mol. The molecular formula is C28H41N3O6S. The number of benzene rings is 1. The van der Waals surface area contributed by atoms with Crippen LogP contribution in [-0.2, 0) is 32.5 Å². The quantitative estimate of drug-likeness (QED) is 0.462. The van der Waals surface area contributed by atoms with Gasteiger partial charge in [-0.2, -0.15) is 4.31 Å². The third kappa shape index (κ3) is 6.58. The molecule has 1 atom stereocenters. The van der Waals surface area contributed by atoms with E-state index in [-0.39, 0.29) is 23.5 Å². The highest BCUT2D eigenvalue weighted by atomic mass is 32.2. The minimum absolute atomic E-state index is 0.138. The highest BCUT2D eigenvalue weighted by Crippen LogP contribution is 2.39. The molecule has 4 aliphatic rings. The Morgan fingerprint density at radius 2 is 1.79 bits per heavy atom. The number of amides is 1. The van der Waals surface area contributed by atoms with Crippen molar-refractivity contribution >= 4 is 21.9 Å². The van der Waals surface area contributed by atoms with Crippen LogP contribution in [0.3, 0.4) is 0 Å². The number of rotatable bonds is 8. The normalized spacial score (nSPS) is 23.5. The number of hydrogen-bond donors (Lipinski definition) is 0. The van der Waals surface area contributed by atoms with Gasteiger partial charge in [-0.05, 0) is 75.0 Å². The maximum Gasteiger partial charge on any atom is 0.410 e. The Hall–Kier alpha value is -2.01. The number of Topliss-reactive ketones (excluding diaryl/α,β-unsaturated/α-hetero) is 1. The molecule has 3 aliphatic heterocycles. The zero-order valence-corrected chi connectivity index (χ0v) is 23.5. The predicted molar refractivity (Wildman–Crippen MR) is 144 cm³/mol. The number of carbonyl (C=O) groups is 2. The van der Waals surface area contributed by atoms with Gasteiger partial charge in [0.05, 0.1) is 25.5 Å². The molecule has 1 aliphatic carbocycles.